The van der Waals surface area contributed by atoms with E-state index >= 15 is 0 Å². The van der Waals surface area contributed by atoms with E-state index in [9.17, 15) is 9.59 Å². The Morgan fingerprint density at radius 1 is 1.21 bits per heavy atom. The Bertz CT molecular complexity index is 351. The van der Waals surface area contributed by atoms with Gasteiger partial charge in [-0.2, -0.15) is 0 Å². The average molecular weight is 266 g/mol. The van der Waals surface area contributed by atoms with Crippen LogP contribution in [0.2, 0.25) is 0 Å². The minimum atomic E-state index is -0.311. The van der Waals surface area contributed by atoms with Gasteiger partial charge in [0.15, 0.2) is 0 Å². The molecule has 0 aliphatic rings. The Labute approximate surface area is 116 Å². The van der Waals surface area contributed by atoms with Gasteiger partial charge in [0.05, 0.1) is 6.61 Å². The van der Waals surface area contributed by atoms with E-state index in [1.54, 1.807) is 13.8 Å². The van der Waals surface area contributed by atoms with Gasteiger partial charge in [0.25, 0.3) is 0 Å². The molecule has 1 unspecified atom stereocenters. The second-order valence-corrected chi connectivity index (χ2v) is 5.15. The van der Waals surface area contributed by atoms with Gasteiger partial charge in [0, 0.05) is 12.5 Å². The van der Waals surface area contributed by atoms with Crippen molar-refractivity contribution < 1.29 is 14.3 Å². The van der Waals surface area contributed by atoms with Crippen molar-refractivity contribution in [3.8, 4) is 0 Å². The zero-order chi connectivity index (χ0) is 14.8. The molecule has 0 aromatic carbocycles. The molecule has 0 radical (unpaired) electrons. The summed E-state index contributed by atoms with van der Waals surface area (Å²) in [7, 11) is 0. The normalized spacial score (nSPS) is 13.9. The fraction of sp³-hybridized carbons (Fsp3) is 0.625. The van der Waals surface area contributed by atoms with E-state index in [1.807, 2.05) is 13.0 Å². The van der Waals surface area contributed by atoms with Gasteiger partial charge < -0.3 is 9.53 Å². The maximum absolute atomic E-state index is 11.3. The summed E-state index contributed by atoms with van der Waals surface area (Å²) in [4.78, 5) is 22.3. The summed E-state index contributed by atoms with van der Waals surface area (Å²) < 4.78 is 4.85. The van der Waals surface area contributed by atoms with Gasteiger partial charge in [-0.3, -0.25) is 0 Å². The van der Waals surface area contributed by atoms with E-state index in [2.05, 4.69) is 19.9 Å². The number of carbonyl (C=O) groups is 2. The summed E-state index contributed by atoms with van der Waals surface area (Å²) >= 11 is 0. The molecule has 19 heavy (non-hydrogen) atoms. The molecule has 1 atom stereocenters. The molecule has 0 bridgehead atoms. The van der Waals surface area contributed by atoms with Crippen LogP contribution in [0.3, 0.4) is 0 Å². The first-order chi connectivity index (χ1) is 8.86. The molecule has 0 saturated heterocycles. The fourth-order valence-electron chi connectivity index (χ4n) is 1.72. The van der Waals surface area contributed by atoms with Gasteiger partial charge in [-0.15, -0.1) is 0 Å². The SMILES string of the molecule is CCOC(=O)/C=C(C)/C=C\C(CCC(C)=O)C(C)C. The highest BCUT2D eigenvalue weighted by molar-refractivity contribution is 5.83. The van der Waals surface area contributed by atoms with Crippen LogP contribution in [-0.4, -0.2) is 18.4 Å². The molecule has 0 aromatic heterocycles. The number of hydrogen-bond donors (Lipinski definition) is 0. The van der Waals surface area contributed by atoms with Gasteiger partial charge in [-0.25, -0.2) is 4.79 Å². The highest BCUT2D eigenvalue weighted by Crippen LogP contribution is 2.19. The average Bonchev–Trinajstić information content (AvgIpc) is 2.28. The monoisotopic (exact) mass is 266 g/mol. The van der Waals surface area contributed by atoms with Crippen molar-refractivity contribution in [2.75, 3.05) is 6.61 Å². The molecular weight excluding hydrogens is 240 g/mol. The predicted octanol–water partition coefficient (Wildman–Crippen LogP) is 3.69. The molecule has 0 fully saturated rings. The number of esters is 1. The number of carbonyl (C=O) groups excluding carboxylic acids is 2. The quantitative estimate of drug-likeness (QED) is 0.382. The van der Waals surface area contributed by atoms with E-state index in [-0.39, 0.29) is 11.8 Å². The molecule has 0 saturated carbocycles. The standard InChI is InChI=1S/C16H26O3/c1-6-19-16(18)11-13(4)7-9-15(12(2)3)10-8-14(5)17/h7,9,11-12,15H,6,8,10H2,1-5H3/b9-7-,13-11+. The summed E-state index contributed by atoms with van der Waals surface area (Å²) in [6.45, 7) is 9.94. The lowest BCUT2D eigenvalue weighted by Crippen LogP contribution is -2.07. The molecule has 3 nitrogen and oxygen atoms in total. The first-order valence-corrected chi connectivity index (χ1v) is 6.89. The van der Waals surface area contributed by atoms with E-state index in [4.69, 9.17) is 4.74 Å². The third-order valence-corrected chi connectivity index (χ3v) is 2.92. The molecule has 0 spiro atoms. The maximum Gasteiger partial charge on any atom is 0.330 e. The highest BCUT2D eigenvalue weighted by atomic mass is 16.5. The van der Waals surface area contributed by atoms with E-state index in [0.717, 1.165) is 12.0 Å². The lowest BCUT2D eigenvalue weighted by Gasteiger charge is -2.16. The summed E-state index contributed by atoms with van der Waals surface area (Å²) in [6, 6.07) is 0. The molecule has 0 aliphatic carbocycles. The Kier molecular flexibility index (Phi) is 8.84. The van der Waals surface area contributed by atoms with Crippen LogP contribution >= 0.6 is 0 Å². The minimum absolute atomic E-state index is 0.220. The second kappa shape index (κ2) is 9.54. The lowest BCUT2D eigenvalue weighted by atomic mass is 9.89. The number of allylic oxidation sites excluding steroid dienone is 3. The first-order valence-electron chi connectivity index (χ1n) is 6.89. The van der Waals surface area contributed by atoms with Gasteiger partial charge in [-0.05, 0) is 44.6 Å². The van der Waals surface area contributed by atoms with Crippen LogP contribution in [0.4, 0.5) is 0 Å². The second-order valence-electron chi connectivity index (χ2n) is 5.15. The smallest absolute Gasteiger partial charge is 0.330 e. The predicted molar refractivity (Wildman–Crippen MR) is 77.8 cm³/mol. The van der Waals surface area contributed by atoms with Gasteiger partial charge >= 0.3 is 5.97 Å². The molecule has 0 amide bonds. The van der Waals surface area contributed by atoms with Gasteiger partial charge in [0.1, 0.15) is 5.78 Å². The van der Waals surface area contributed by atoms with Crippen molar-refractivity contribution in [3.05, 3.63) is 23.8 Å². The molecule has 0 rings (SSSR count). The summed E-state index contributed by atoms with van der Waals surface area (Å²) in [5.41, 5.74) is 0.868. The van der Waals surface area contributed by atoms with Crippen LogP contribution in [0.15, 0.2) is 23.8 Å². The zero-order valence-corrected chi connectivity index (χ0v) is 12.7. The zero-order valence-electron chi connectivity index (χ0n) is 12.7. The number of ketones is 1. The van der Waals surface area contributed by atoms with E-state index in [1.165, 1.54) is 6.08 Å². The van der Waals surface area contributed by atoms with Crippen molar-refractivity contribution in [2.45, 2.75) is 47.5 Å². The van der Waals surface area contributed by atoms with E-state index < -0.39 is 0 Å². The number of rotatable bonds is 8. The topological polar surface area (TPSA) is 43.4 Å². The molecule has 0 aromatic rings. The van der Waals surface area contributed by atoms with Crippen LogP contribution in [0, 0.1) is 11.8 Å². The number of hydrogen-bond acceptors (Lipinski definition) is 3. The van der Waals surface area contributed by atoms with Crippen molar-refractivity contribution in [3.63, 3.8) is 0 Å². The Hall–Kier alpha value is -1.38. The molecule has 3 heteroatoms. The van der Waals surface area contributed by atoms with Gasteiger partial charge in [0.2, 0.25) is 0 Å². The fourth-order valence-corrected chi connectivity index (χ4v) is 1.72. The Morgan fingerprint density at radius 3 is 2.32 bits per heavy atom. The van der Waals surface area contributed by atoms with E-state index in [0.29, 0.717) is 24.9 Å². The van der Waals surface area contributed by atoms with Crippen LogP contribution in [-0.2, 0) is 14.3 Å². The minimum Gasteiger partial charge on any atom is -0.463 e. The number of ether oxygens (including phenoxy) is 1. The first kappa shape index (κ1) is 17.6. The van der Waals surface area contributed by atoms with Crippen LogP contribution < -0.4 is 0 Å². The molecule has 108 valence electrons. The summed E-state index contributed by atoms with van der Waals surface area (Å²) in [6.07, 6.45) is 6.97. The van der Waals surface area contributed by atoms with Crippen LogP contribution in [0.25, 0.3) is 0 Å². The van der Waals surface area contributed by atoms with Crippen LogP contribution in [0.1, 0.15) is 47.5 Å². The molecule has 0 aliphatic heterocycles. The van der Waals surface area contributed by atoms with Crippen molar-refractivity contribution in [2.24, 2.45) is 11.8 Å². The lowest BCUT2D eigenvalue weighted by molar-refractivity contribution is -0.137. The largest absolute Gasteiger partial charge is 0.463 e. The maximum atomic E-state index is 11.3. The van der Waals surface area contributed by atoms with Crippen molar-refractivity contribution >= 4 is 11.8 Å². The molecular formula is C16H26O3. The molecule has 0 heterocycles. The third kappa shape index (κ3) is 9.23. The number of Topliss-reactive ketones (excluding diaryl/α,β-unsaturated/α-hetero) is 1. The molecule has 0 N–H and O–H groups in total. The third-order valence-electron chi connectivity index (χ3n) is 2.92. The summed E-state index contributed by atoms with van der Waals surface area (Å²) in [5.74, 6) is 0.743. The highest BCUT2D eigenvalue weighted by Gasteiger charge is 2.10. The van der Waals surface area contributed by atoms with Crippen LogP contribution in [0.5, 0.6) is 0 Å². The van der Waals surface area contributed by atoms with Gasteiger partial charge in [-0.1, -0.05) is 26.0 Å². The Balaban J connectivity index is 4.52. The van der Waals surface area contributed by atoms with Crippen molar-refractivity contribution in [1.29, 1.82) is 0 Å². The van der Waals surface area contributed by atoms with Crippen molar-refractivity contribution in [1.82, 2.24) is 0 Å². The summed E-state index contributed by atoms with van der Waals surface area (Å²) in [5, 5.41) is 0. The Morgan fingerprint density at radius 2 is 1.84 bits per heavy atom.